The van der Waals surface area contributed by atoms with Gasteiger partial charge in [-0.1, -0.05) is 43.1 Å². The number of hydrogen-bond acceptors (Lipinski definition) is 2. The minimum Gasteiger partial charge on any atom is -0.309 e. The Morgan fingerprint density at radius 2 is 2.05 bits per heavy atom. The molecule has 0 saturated carbocycles. The number of nitrogens with zero attached hydrogens (tertiary/aromatic N) is 1. The SMILES string of the molecule is CC(C)Cc1nc(Cc2ccc(Cl)cc2Cl)[nH]c(=O)c1Br. The summed E-state index contributed by atoms with van der Waals surface area (Å²) in [5, 5.41) is 1.15. The van der Waals surface area contributed by atoms with Crippen LogP contribution in [0.2, 0.25) is 10.0 Å². The maximum absolute atomic E-state index is 12.0. The number of halogens is 3. The highest BCUT2D eigenvalue weighted by Crippen LogP contribution is 2.23. The Bertz CT molecular complexity index is 713. The number of aromatic nitrogens is 2. The lowest BCUT2D eigenvalue weighted by Gasteiger charge is -2.09. The average Bonchev–Trinajstić information content (AvgIpc) is 2.38. The van der Waals surface area contributed by atoms with E-state index in [9.17, 15) is 4.79 Å². The third-order valence-corrected chi connectivity index (χ3v) is 4.36. The first-order valence-electron chi connectivity index (χ1n) is 6.58. The second kappa shape index (κ2) is 6.95. The molecule has 0 amide bonds. The normalized spacial score (nSPS) is 11.1. The van der Waals surface area contributed by atoms with Gasteiger partial charge in [-0.25, -0.2) is 4.98 Å². The lowest BCUT2D eigenvalue weighted by atomic mass is 10.1. The summed E-state index contributed by atoms with van der Waals surface area (Å²) in [5.41, 5.74) is 1.48. The van der Waals surface area contributed by atoms with Crippen molar-refractivity contribution in [3.8, 4) is 0 Å². The monoisotopic (exact) mass is 388 g/mol. The zero-order valence-corrected chi connectivity index (χ0v) is 14.8. The van der Waals surface area contributed by atoms with Crippen molar-refractivity contribution in [2.75, 3.05) is 0 Å². The molecule has 1 aromatic carbocycles. The smallest absolute Gasteiger partial charge is 0.265 e. The summed E-state index contributed by atoms with van der Waals surface area (Å²) in [6.45, 7) is 4.18. The molecule has 3 nitrogen and oxygen atoms in total. The first-order chi connectivity index (χ1) is 9.86. The molecule has 2 rings (SSSR count). The molecule has 0 spiro atoms. The molecule has 0 bridgehead atoms. The highest BCUT2D eigenvalue weighted by atomic mass is 79.9. The van der Waals surface area contributed by atoms with Crippen LogP contribution in [0.4, 0.5) is 0 Å². The van der Waals surface area contributed by atoms with Crippen molar-refractivity contribution in [3.05, 3.63) is 60.2 Å². The van der Waals surface area contributed by atoms with Gasteiger partial charge in [-0.2, -0.15) is 0 Å². The Labute approximate surface area is 141 Å². The Balaban J connectivity index is 2.36. The molecule has 0 aliphatic rings. The second-order valence-electron chi connectivity index (χ2n) is 5.28. The molecule has 1 N–H and O–H groups in total. The van der Waals surface area contributed by atoms with Crippen LogP contribution >= 0.6 is 39.1 Å². The first kappa shape index (κ1) is 16.5. The van der Waals surface area contributed by atoms with Gasteiger partial charge in [0.15, 0.2) is 0 Å². The van der Waals surface area contributed by atoms with Crippen molar-refractivity contribution >= 4 is 39.1 Å². The fourth-order valence-corrected chi connectivity index (χ4v) is 2.83. The number of benzene rings is 1. The first-order valence-corrected chi connectivity index (χ1v) is 8.13. The molecule has 2 aromatic rings. The van der Waals surface area contributed by atoms with E-state index in [1.54, 1.807) is 12.1 Å². The van der Waals surface area contributed by atoms with Crippen molar-refractivity contribution in [1.29, 1.82) is 0 Å². The van der Waals surface area contributed by atoms with Crippen LogP contribution in [0.1, 0.15) is 30.9 Å². The zero-order valence-electron chi connectivity index (χ0n) is 11.7. The predicted octanol–water partition coefficient (Wildman–Crippen LogP) is 4.63. The summed E-state index contributed by atoms with van der Waals surface area (Å²) in [6.07, 6.45) is 1.20. The predicted molar refractivity (Wildman–Crippen MR) is 90.4 cm³/mol. The molecule has 1 aromatic heterocycles. The summed E-state index contributed by atoms with van der Waals surface area (Å²) < 4.78 is 0.502. The fraction of sp³-hybridized carbons (Fsp3) is 0.333. The van der Waals surface area contributed by atoms with E-state index in [1.807, 2.05) is 6.07 Å². The lowest BCUT2D eigenvalue weighted by molar-refractivity contribution is 0.627. The fourth-order valence-electron chi connectivity index (χ4n) is 2.01. The minimum atomic E-state index is -0.166. The van der Waals surface area contributed by atoms with Crippen molar-refractivity contribution < 1.29 is 0 Å². The van der Waals surface area contributed by atoms with Crippen LogP contribution in [0.3, 0.4) is 0 Å². The minimum absolute atomic E-state index is 0.166. The van der Waals surface area contributed by atoms with Gasteiger partial charge < -0.3 is 4.98 Å². The standard InChI is InChI=1S/C15H15BrCl2N2O/c1-8(2)5-12-14(16)15(21)20-13(19-12)6-9-3-4-10(17)7-11(9)18/h3-4,7-8H,5-6H2,1-2H3,(H,19,20,21). The molecule has 0 aliphatic carbocycles. The number of rotatable bonds is 4. The van der Waals surface area contributed by atoms with E-state index < -0.39 is 0 Å². The quantitative estimate of drug-likeness (QED) is 0.828. The Morgan fingerprint density at radius 1 is 1.33 bits per heavy atom. The van der Waals surface area contributed by atoms with Gasteiger partial charge in [0.2, 0.25) is 0 Å². The Morgan fingerprint density at radius 3 is 2.67 bits per heavy atom. The number of hydrogen-bond donors (Lipinski definition) is 1. The van der Waals surface area contributed by atoms with Crippen LogP contribution in [0.5, 0.6) is 0 Å². The van der Waals surface area contributed by atoms with Crippen molar-refractivity contribution in [2.45, 2.75) is 26.7 Å². The van der Waals surface area contributed by atoms with E-state index in [4.69, 9.17) is 23.2 Å². The van der Waals surface area contributed by atoms with Crippen molar-refractivity contribution in [2.24, 2.45) is 5.92 Å². The van der Waals surface area contributed by atoms with Gasteiger partial charge in [0.25, 0.3) is 5.56 Å². The van der Waals surface area contributed by atoms with Gasteiger partial charge in [0.1, 0.15) is 10.3 Å². The lowest BCUT2D eigenvalue weighted by Crippen LogP contribution is -2.17. The van der Waals surface area contributed by atoms with Crippen molar-refractivity contribution in [3.63, 3.8) is 0 Å². The van der Waals surface area contributed by atoms with Crippen molar-refractivity contribution in [1.82, 2.24) is 9.97 Å². The average molecular weight is 390 g/mol. The molecular formula is C15H15BrCl2N2O. The van der Waals surface area contributed by atoms with Crippen LogP contribution < -0.4 is 5.56 Å². The summed E-state index contributed by atoms with van der Waals surface area (Å²) in [6, 6.07) is 5.30. The molecule has 0 unspecified atom stereocenters. The molecule has 21 heavy (non-hydrogen) atoms. The Kier molecular flexibility index (Phi) is 5.47. The molecule has 0 saturated heterocycles. The molecule has 0 radical (unpaired) electrons. The van der Waals surface area contributed by atoms with Crippen LogP contribution in [0.25, 0.3) is 0 Å². The third kappa shape index (κ3) is 4.31. The number of H-pyrrole nitrogens is 1. The largest absolute Gasteiger partial charge is 0.309 e. The van der Waals surface area contributed by atoms with E-state index in [-0.39, 0.29) is 5.56 Å². The summed E-state index contributed by atoms with van der Waals surface area (Å²) >= 11 is 15.3. The van der Waals surface area contributed by atoms with Gasteiger partial charge in [0.05, 0.1) is 5.69 Å². The maximum atomic E-state index is 12.0. The van der Waals surface area contributed by atoms with E-state index >= 15 is 0 Å². The van der Waals surface area contributed by atoms with Gasteiger partial charge in [-0.3, -0.25) is 4.79 Å². The highest BCUT2D eigenvalue weighted by Gasteiger charge is 2.12. The molecule has 0 fully saturated rings. The molecule has 6 heteroatoms. The Hall–Kier alpha value is -0.840. The summed E-state index contributed by atoms with van der Waals surface area (Å²) in [7, 11) is 0. The molecular weight excluding hydrogens is 375 g/mol. The van der Waals surface area contributed by atoms with E-state index in [2.05, 4.69) is 39.7 Å². The summed E-state index contributed by atoms with van der Waals surface area (Å²) in [5.74, 6) is 1.02. The van der Waals surface area contributed by atoms with Crippen LogP contribution in [-0.4, -0.2) is 9.97 Å². The highest BCUT2D eigenvalue weighted by molar-refractivity contribution is 9.10. The third-order valence-electron chi connectivity index (χ3n) is 2.96. The van der Waals surface area contributed by atoms with E-state index in [0.717, 1.165) is 17.7 Å². The number of aromatic amines is 1. The molecule has 0 aliphatic heterocycles. The van der Waals surface area contributed by atoms with E-state index in [0.29, 0.717) is 32.7 Å². The van der Waals surface area contributed by atoms with Gasteiger partial charge >= 0.3 is 0 Å². The van der Waals surface area contributed by atoms with E-state index in [1.165, 1.54) is 0 Å². The van der Waals surface area contributed by atoms with Gasteiger partial charge in [-0.05, 0) is 46.0 Å². The number of nitrogens with one attached hydrogen (secondary N) is 1. The topological polar surface area (TPSA) is 45.8 Å². The van der Waals surface area contributed by atoms with Crippen LogP contribution in [0.15, 0.2) is 27.5 Å². The van der Waals surface area contributed by atoms with Crippen LogP contribution in [0, 0.1) is 5.92 Å². The maximum Gasteiger partial charge on any atom is 0.265 e. The zero-order chi connectivity index (χ0) is 15.6. The van der Waals surface area contributed by atoms with Gasteiger partial charge in [-0.15, -0.1) is 0 Å². The molecule has 112 valence electrons. The van der Waals surface area contributed by atoms with Gasteiger partial charge in [0, 0.05) is 16.5 Å². The second-order valence-corrected chi connectivity index (χ2v) is 6.92. The van der Waals surface area contributed by atoms with Crippen LogP contribution in [-0.2, 0) is 12.8 Å². The molecule has 0 atom stereocenters. The summed E-state index contributed by atoms with van der Waals surface area (Å²) in [4.78, 5) is 19.3. The molecule has 1 heterocycles.